The largest absolute Gasteiger partial charge is 0.416 e. The summed E-state index contributed by atoms with van der Waals surface area (Å²) in [6, 6.07) is 3.50. The first-order valence-electron chi connectivity index (χ1n) is 6.31. The number of aryl methyl sites for hydroxylation is 1. The zero-order valence-corrected chi connectivity index (χ0v) is 13.2. The molecule has 0 aliphatic rings. The van der Waals surface area contributed by atoms with Gasteiger partial charge in [0.1, 0.15) is 0 Å². The highest BCUT2D eigenvalue weighted by molar-refractivity contribution is 7.89. The van der Waals surface area contributed by atoms with Gasteiger partial charge in [0.05, 0.1) is 4.90 Å². The molecule has 24 heavy (non-hydrogen) atoms. The molecule has 136 valence electrons. The van der Waals surface area contributed by atoms with Crippen LogP contribution < -0.4 is 15.6 Å². The molecule has 2 amide bonds. The van der Waals surface area contributed by atoms with Crippen LogP contribution in [0.2, 0.25) is 0 Å². The summed E-state index contributed by atoms with van der Waals surface area (Å²) in [6.07, 6.45) is -9.41. The lowest BCUT2D eigenvalue weighted by atomic mass is 10.0. The maximum atomic E-state index is 12.6. The van der Waals surface area contributed by atoms with Gasteiger partial charge in [-0.1, -0.05) is 17.7 Å². The number of carbonyl (C=O) groups is 1. The molecule has 0 aliphatic heterocycles. The van der Waals surface area contributed by atoms with Crippen molar-refractivity contribution >= 4 is 16.1 Å². The summed E-state index contributed by atoms with van der Waals surface area (Å²) in [5.41, 5.74) is -1.70. The normalized spacial score (nSPS) is 15.0. The molecule has 0 saturated carbocycles. The van der Waals surface area contributed by atoms with Gasteiger partial charge in [-0.15, -0.1) is 4.83 Å². The van der Waals surface area contributed by atoms with E-state index in [1.54, 1.807) is 6.92 Å². The molecule has 0 radical (unpaired) electrons. The van der Waals surface area contributed by atoms with Crippen molar-refractivity contribution in [1.29, 1.82) is 0 Å². The number of hydrazine groups is 1. The van der Waals surface area contributed by atoms with Crippen molar-refractivity contribution in [3.63, 3.8) is 0 Å². The monoisotopic (exact) mass is 375 g/mol. The van der Waals surface area contributed by atoms with Crippen LogP contribution in [0, 0.1) is 6.92 Å². The molecule has 12 heteroatoms. The minimum Gasteiger partial charge on any atom is -0.318 e. The van der Waals surface area contributed by atoms with Gasteiger partial charge in [-0.3, -0.25) is 5.43 Å². The molecule has 1 unspecified atom stereocenters. The second kappa shape index (κ2) is 6.89. The molecule has 0 heterocycles. The summed E-state index contributed by atoms with van der Waals surface area (Å²) in [4.78, 5) is 12.6. The molecular weight excluding hydrogens is 361 g/mol. The minimum absolute atomic E-state index is 0.0751. The molecule has 0 spiro atoms. The summed E-state index contributed by atoms with van der Waals surface area (Å²) in [5.74, 6) is 0. The number of rotatable bonds is 5. The van der Waals surface area contributed by atoms with E-state index in [9.17, 15) is 35.2 Å². The third-order valence-electron chi connectivity index (χ3n) is 3.03. The van der Waals surface area contributed by atoms with Crippen molar-refractivity contribution < 1.29 is 35.2 Å². The number of carbonyl (C=O) groups excluding carboxylic acids is 1. The van der Waals surface area contributed by atoms with Crippen LogP contribution in [-0.4, -0.2) is 32.6 Å². The van der Waals surface area contributed by atoms with E-state index in [-0.39, 0.29) is 11.8 Å². The van der Waals surface area contributed by atoms with E-state index in [4.69, 9.17) is 0 Å². The van der Waals surface area contributed by atoms with Crippen molar-refractivity contribution in [2.24, 2.45) is 0 Å². The molecule has 1 aromatic rings. The van der Waals surface area contributed by atoms with Crippen LogP contribution in [0.25, 0.3) is 0 Å². The third-order valence-corrected chi connectivity index (χ3v) is 4.29. The Kier molecular flexibility index (Phi) is 5.77. The predicted octanol–water partition coefficient (Wildman–Crippen LogP) is 2.07. The van der Waals surface area contributed by atoms with Gasteiger partial charge in [0.25, 0.3) is 16.4 Å². The van der Waals surface area contributed by atoms with E-state index in [0.29, 0.717) is 0 Å². The Bertz CT molecular complexity index is 691. The Hall–Kier alpha value is -1.95. The fraction of sp³-hybridized carbons (Fsp3) is 0.417. The molecule has 1 atom stereocenters. The van der Waals surface area contributed by atoms with Crippen LogP contribution in [0.5, 0.6) is 0 Å². The van der Waals surface area contributed by atoms with E-state index >= 15 is 0 Å². The van der Waals surface area contributed by atoms with Gasteiger partial charge in [-0.25, -0.2) is 22.0 Å². The number of halogens is 5. The second-order valence-electron chi connectivity index (χ2n) is 5.00. The van der Waals surface area contributed by atoms with Crippen molar-refractivity contribution in [3.8, 4) is 0 Å². The molecule has 0 aliphatic carbocycles. The Morgan fingerprint density at radius 2 is 1.62 bits per heavy atom. The Balaban J connectivity index is 2.80. The molecule has 0 saturated heterocycles. The lowest BCUT2D eigenvalue weighted by Crippen LogP contribution is -2.64. The van der Waals surface area contributed by atoms with Crippen molar-refractivity contribution in [3.05, 3.63) is 29.8 Å². The van der Waals surface area contributed by atoms with Crippen LogP contribution in [-0.2, 0) is 10.0 Å². The topological polar surface area (TPSA) is 87.3 Å². The van der Waals surface area contributed by atoms with Gasteiger partial charge in [-0.05, 0) is 26.0 Å². The van der Waals surface area contributed by atoms with Crippen LogP contribution in [0.1, 0.15) is 12.5 Å². The van der Waals surface area contributed by atoms with Gasteiger partial charge in [0.15, 0.2) is 5.54 Å². The fourth-order valence-corrected chi connectivity index (χ4v) is 2.25. The minimum atomic E-state index is -5.45. The number of urea groups is 1. The number of nitrogens with one attached hydrogen (secondary N) is 3. The molecule has 3 N–H and O–H groups in total. The van der Waals surface area contributed by atoms with Crippen molar-refractivity contribution in [1.82, 2.24) is 15.6 Å². The highest BCUT2D eigenvalue weighted by atomic mass is 32.2. The standard InChI is InChI=1S/C12H14F5N3O3S/c1-7-3-5-8(6-4-7)24(22,23)20-19-10(21)18-11(2,9(13)14)12(15,16)17/h3-6,9,20H,1-2H3,(H2,18,19,21). The highest BCUT2D eigenvalue weighted by Crippen LogP contribution is 2.34. The molecule has 6 nitrogen and oxygen atoms in total. The van der Waals surface area contributed by atoms with E-state index < -0.39 is 34.2 Å². The number of hydrogen-bond acceptors (Lipinski definition) is 3. The summed E-state index contributed by atoms with van der Waals surface area (Å²) in [5, 5.41) is 1.01. The van der Waals surface area contributed by atoms with Gasteiger partial charge >= 0.3 is 12.2 Å². The first-order valence-corrected chi connectivity index (χ1v) is 7.79. The van der Waals surface area contributed by atoms with Gasteiger partial charge in [0, 0.05) is 0 Å². The lowest BCUT2D eigenvalue weighted by Gasteiger charge is -2.31. The Morgan fingerprint density at radius 1 is 1.12 bits per heavy atom. The van der Waals surface area contributed by atoms with Gasteiger partial charge in [-0.2, -0.15) is 13.2 Å². The Labute approximate surface area is 134 Å². The number of amides is 2. The molecule has 0 fully saturated rings. The molecule has 1 rings (SSSR count). The SMILES string of the molecule is Cc1ccc(S(=O)(=O)NNC(=O)NC(C)(C(F)F)C(F)(F)F)cc1. The summed E-state index contributed by atoms with van der Waals surface area (Å²) in [7, 11) is -4.27. The van der Waals surface area contributed by atoms with Crippen LogP contribution in [0.4, 0.5) is 26.7 Å². The number of hydrogen-bond donors (Lipinski definition) is 3. The number of sulfonamides is 1. The van der Waals surface area contributed by atoms with Crippen molar-refractivity contribution in [2.75, 3.05) is 0 Å². The Morgan fingerprint density at radius 3 is 2.04 bits per heavy atom. The van der Waals surface area contributed by atoms with Gasteiger partial charge in [0.2, 0.25) is 0 Å². The molecule has 0 bridgehead atoms. The maximum absolute atomic E-state index is 12.6. The maximum Gasteiger partial charge on any atom is 0.416 e. The summed E-state index contributed by atoms with van der Waals surface area (Å²) >= 11 is 0. The van der Waals surface area contributed by atoms with Gasteiger partial charge < -0.3 is 5.32 Å². The zero-order valence-electron chi connectivity index (χ0n) is 12.4. The average Bonchev–Trinajstić information content (AvgIpc) is 2.44. The number of benzene rings is 1. The third kappa shape index (κ3) is 4.54. The molecular formula is C12H14F5N3O3S. The zero-order chi connectivity index (χ0) is 18.8. The van der Waals surface area contributed by atoms with Crippen LogP contribution in [0.15, 0.2) is 29.2 Å². The van der Waals surface area contributed by atoms with E-state index in [1.807, 2.05) is 0 Å². The predicted molar refractivity (Wildman–Crippen MR) is 73.6 cm³/mol. The van der Waals surface area contributed by atoms with Crippen LogP contribution in [0.3, 0.4) is 0 Å². The number of alkyl halides is 5. The first kappa shape index (κ1) is 20.1. The first-order chi connectivity index (χ1) is 10.8. The summed E-state index contributed by atoms with van der Waals surface area (Å²) < 4.78 is 86.8. The van der Waals surface area contributed by atoms with E-state index in [1.165, 1.54) is 34.5 Å². The van der Waals surface area contributed by atoms with E-state index in [2.05, 4.69) is 0 Å². The molecule has 1 aromatic carbocycles. The summed E-state index contributed by atoms with van der Waals surface area (Å²) in [6.45, 7) is 1.77. The van der Waals surface area contributed by atoms with Crippen LogP contribution >= 0.6 is 0 Å². The second-order valence-corrected chi connectivity index (χ2v) is 6.68. The molecule has 0 aromatic heterocycles. The smallest absolute Gasteiger partial charge is 0.318 e. The van der Waals surface area contributed by atoms with E-state index in [0.717, 1.165) is 10.9 Å². The lowest BCUT2D eigenvalue weighted by molar-refractivity contribution is -0.221. The quantitative estimate of drug-likeness (QED) is 0.544. The average molecular weight is 375 g/mol. The fourth-order valence-electron chi connectivity index (χ4n) is 1.41. The highest BCUT2D eigenvalue weighted by Gasteiger charge is 2.59. The van der Waals surface area contributed by atoms with Crippen molar-refractivity contribution in [2.45, 2.75) is 36.9 Å².